The number of nitrogens with zero attached hydrogens (tertiary/aromatic N) is 1. The fourth-order valence-corrected chi connectivity index (χ4v) is 11.4. The highest BCUT2D eigenvalue weighted by molar-refractivity contribution is 6.16. The topological polar surface area (TPSA) is 16.4 Å². The van der Waals surface area contributed by atoms with Crippen molar-refractivity contribution in [3.05, 3.63) is 235 Å². The Balaban J connectivity index is 0.998. The number of benzene rings is 10. The number of anilines is 3. The molecule has 0 N–H and O–H groups in total. The Hall–Kier alpha value is -7.94. The highest BCUT2D eigenvalue weighted by Gasteiger charge is 2.52. The first-order valence-electron chi connectivity index (χ1n) is 21.2. The number of para-hydroxylation sites is 1. The zero-order valence-corrected chi connectivity index (χ0v) is 33.1. The van der Waals surface area contributed by atoms with Crippen LogP contribution >= 0.6 is 0 Å². The normalized spacial score (nSPS) is 13.4. The summed E-state index contributed by atoms with van der Waals surface area (Å²) in [5.41, 5.74) is 22.7. The van der Waals surface area contributed by atoms with Crippen molar-refractivity contribution in [2.75, 3.05) is 4.90 Å². The van der Waals surface area contributed by atoms with Crippen LogP contribution in [0.25, 0.3) is 88.3 Å². The van der Waals surface area contributed by atoms with Crippen LogP contribution in [0.5, 0.6) is 0 Å². The van der Waals surface area contributed by atoms with E-state index in [1.807, 2.05) is 12.1 Å². The van der Waals surface area contributed by atoms with E-state index >= 15 is 0 Å². The largest absolute Gasteiger partial charge is 0.456 e. The molecule has 0 fully saturated rings. The minimum atomic E-state index is -0.435. The number of hydrogen-bond donors (Lipinski definition) is 0. The Morgan fingerprint density at radius 2 is 0.918 bits per heavy atom. The zero-order valence-electron chi connectivity index (χ0n) is 33.1. The Morgan fingerprint density at radius 1 is 0.344 bits per heavy atom. The summed E-state index contributed by atoms with van der Waals surface area (Å²) in [6.45, 7) is 0. The van der Waals surface area contributed by atoms with Crippen LogP contribution in [0.3, 0.4) is 0 Å². The second kappa shape index (κ2) is 12.1. The van der Waals surface area contributed by atoms with E-state index in [0.717, 1.165) is 50.1 Å². The van der Waals surface area contributed by atoms with Crippen LogP contribution in [0.15, 0.2) is 217 Å². The van der Waals surface area contributed by atoms with Crippen LogP contribution in [0.2, 0.25) is 0 Å². The first-order valence-corrected chi connectivity index (χ1v) is 21.2. The lowest BCUT2D eigenvalue weighted by molar-refractivity contribution is 0.669. The van der Waals surface area contributed by atoms with Gasteiger partial charge in [0.2, 0.25) is 0 Å². The standard InChI is InChI=1S/C59H35NO/c1-5-20-50-42(14-1)43-15-2-6-21-51(43)59(50)52-22-7-3-17-48(52)58-53(59)23-11-24-54(58)60(40-31-33-41-46-18-9-12-37-13-10-19-47(57(37)46)49(41)35-40)39-29-26-36(27-30-39)38-28-32-45-44-16-4-8-25-55(44)61-56(45)34-38/h1-35H. The van der Waals surface area contributed by atoms with Gasteiger partial charge >= 0.3 is 0 Å². The summed E-state index contributed by atoms with van der Waals surface area (Å²) in [5, 5.41) is 4.90. The molecule has 14 rings (SSSR count). The third kappa shape index (κ3) is 4.31. The van der Waals surface area contributed by atoms with E-state index < -0.39 is 5.41 Å². The minimum Gasteiger partial charge on any atom is -0.456 e. The van der Waals surface area contributed by atoms with Crippen LogP contribution in [0.4, 0.5) is 17.1 Å². The molecule has 0 atom stereocenters. The van der Waals surface area contributed by atoms with E-state index in [0.29, 0.717) is 0 Å². The van der Waals surface area contributed by atoms with Gasteiger partial charge in [0.05, 0.1) is 11.1 Å². The molecule has 1 aromatic heterocycles. The Kier molecular flexibility index (Phi) is 6.52. The Morgan fingerprint density at radius 3 is 1.69 bits per heavy atom. The lowest BCUT2D eigenvalue weighted by Gasteiger charge is -2.32. The highest BCUT2D eigenvalue weighted by Crippen LogP contribution is 2.65. The third-order valence-electron chi connectivity index (χ3n) is 13.8. The fraction of sp³-hybridized carbons (Fsp3) is 0.0169. The van der Waals surface area contributed by atoms with Gasteiger partial charge in [-0.3, -0.25) is 0 Å². The molecule has 11 aromatic rings. The van der Waals surface area contributed by atoms with Crippen LogP contribution in [-0.4, -0.2) is 0 Å². The first kappa shape index (κ1) is 33.0. The van der Waals surface area contributed by atoms with E-state index in [1.165, 1.54) is 77.5 Å². The summed E-state index contributed by atoms with van der Waals surface area (Å²) < 4.78 is 6.32. The molecule has 0 amide bonds. The van der Waals surface area contributed by atoms with Gasteiger partial charge in [-0.05, 0) is 132 Å². The molecule has 0 bridgehead atoms. The predicted octanol–water partition coefficient (Wildman–Crippen LogP) is 15.9. The van der Waals surface area contributed by atoms with Crippen molar-refractivity contribution in [2.24, 2.45) is 0 Å². The van der Waals surface area contributed by atoms with Crippen LogP contribution < -0.4 is 4.90 Å². The molecule has 0 aliphatic heterocycles. The van der Waals surface area contributed by atoms with Gasteiger partial charge in [-0.2, -0.15) is 0 Å². The molecule has 2 heteroatoms. The van der Waals surface area contributed by atoms with Gasteiger partial charge < -0.3 is 9.32 Å². The number of furan rings is 1. The van der Waals surface area contributed by atoms with Crippen molar-refractivity contribution in [3.63, 3.8) is 0 Å². The van der Waals surface area contributed by atoms with E-state index in [9.17, 15) is 0 Å². The molecule has 61 heavy (non-hydrogen) atoms. The van der Waals surface area contributed by atoms with Gasteiger partial charge in [-0.15, -0.1) is 0 Å². The molecular formula is C59H35NO. The van der Waals surface area contributed by atoms with Gasteiger partial charge in [-0.1, -0.05) is 164 Å². The Labute approximate surface area is 353 Å². The van der Waals surface area contributed by atoms with Crippen molar-refractivity contribution >= 4 is 49.8 Å². The molecule has 0 saturated carbocycles. The van der Waals surface area contributed by atoms with Crippen molar-refractivity contribution in [1.82, 2.24) is 0 Å². The zero-order chi connectivity index (χ0) is 39.8. The Bertz CT molecular complexity index is 3610. The van der Waals surface area contributed by atoms with Crippen LogP contribution in [0.1, 0.15) is 22.3 Å². The van der Waals surface area contributed by atoms with Gasteiger partial charge in [0.15, 0.2) is 0 Å². The second-order valence-electron chi connectivity index (χ2n) is 16.7. The number of fused-ring (bicyclic) bond motifs is 16. The molecule has 0 unspecified atom stereocenters. The monoisotopic (exact) mass is 773 g/mol. The third-order valence-corrected chi connectivity index (χ3v) is 13.8. The van der Waals surface area contributed by atoms with Crippen molar-refractivity contribution in [3.8, 4) is 55.6 Å². The number of hydrogen-bond acceptors (Lipinski definition) is 2. The maximum Gasteiger partial charge on any atom is 0.136 e. The summed E-state index contributed by atoms with van der Waals surface area (Å²) in [4.78, 5) is 2.50. The molecule has 282 valence electrons. The molecule has 10 aromatic carbocycles. The van der Waals surface area contributed by atoms with Gasteiger partial charge in [0.1, 0.15) is 11.2 Å². The first-order chi connectivity index (χ1) is 30.3. The summed E-state index contributed by atoms with van der Waals surface area (Å²) in [6, 6.07) is 78.6. The molecule has 0 saturated heterocycles. The van der Waals surface area contributed by atoms with Crippen LogP contribution in [0, 0.1) is 0 Å². The highest BCUT2D eigenvalue weighted by atomic mass is 16.3. The van der Waals surface area contributed by atoms with Gasteiger partial charge in [-0.25, -0.2) is 0 Å². The molecular weight excluding hydrogens is 739 g/mol. The fourth-order valence-electron chi connectivity index (χ4n) is 11.4. The second-order valence-corrected chi connectivity index (χ2v) is 16.7. The van der Waals surface area contributed by atoms with E-state index in [1.54, 1.807) is 0 Å². The maximum atomic E-state index is 6.32. The minimum absolute atomic E-state index is 0.435. The van der Waals surface area contributed by atoms with E-state index in [2.05, 4.69) is 205 Å². The quantitative estimate of drug-likeness (QED) is 0.177. The molecule has 0 radical (unpaired) electrons. The van der Waals surface area contributed by atoms with Gasteiger partial charge in [0.25, 0.3) is 0 Å². The van der Waals surface area contributed by atoms with Crippen molar-refractivity contribution < 1.29 is 4.42 Å². The molecule has 1 heterocycles. The lowest BCUT2D eigenvalue weighted by Crippen LogP contribution is -2.26. The molecule has 3 aliphatic carbocycles. The molecule has 1 spiro atoms. The summed E-state index contributed by atoms with van der Waals surface area (Å²) >= 11 is 0. The summed E-state index contributed by atoms with van der Waals surface area (Å²) in [5.74, 6) is 0. The maximum absolute atomic E-state index is 6.32. The van der Waals surface area contributed by atoms with Gasteiger partial charge in [0, 0.05) is 27.7 Å². The average Bonchev–Trinajstić information content (AvgIpc) is 4.04. The molecule has 2 nitrogen and oxygen atoms in total. The SMILES string of the molecule is c1ccc2c(c1)-c1ccccc1C21c2ccccc2-c2c(N(c3ccc(-c4ccc5c(c4)oc4ccccc45)cc3)c3ccc4c(c3)-c3cccc5cccc-4c35)cccc21. The predicted molar refractivity (Wildman–Crippen MR) is 252 cm³/mol. The van der Waals surface area contributed by atoms with E-state index in [4.69, 9.17) is 4.42 Å². The van der Waals surface area contributed by atoms with Crippen molar-refractivity contribution in [2.45, 2.75) is 5.41 Å². The molecule has 3 aliphatic rings. The smallest absolute Gasteiger partial charge is 0.136 e. The van der Waals surface area contributed by atoms with E-state index in [-0.39, 0.29) is 0 Å². The number of rotatable bonds is 4. The average molecular weight is 774 g/mol. The van der Waals surface area contributed by atoms with Crippen molar-refractivity contribution in [1.29, 1.82) is 0 Å². The summed E-state index contributed by atoms with van der Waals surface area (Å²) in [6.07, 6.45) is 0. The van der Waals surface area contributed by atoms with Crippen LogP contribution in [-0.2, 0) is 5.41 Å². The summed E-state index contributed by atoms with van der Waals surface area (Å²) in [7, 11) is 0. The lowest BCUT2D eigenvalue weighted by atomic mass is 9.70.